The molecule has 0 saturated carbocycles. The van der Waals surface area contributed by atoms with Crippen LogP contribution in [-0.4, -0.2) is 31.9 Å². The SMILES string of the molecule is Cc1ccc(F)c(S(=O)(=O)N2CCC(N)C(C)C2)c1. The van der Waals surface area contributed by atoms with E-state index in [4.69, 9.17) is 5.73 Å². The van der Waals surface area contributed by atoms with Crippen LogP contribution >= 0.6 is 0 Å². The number of piperidine rings is 1. The third-order valence-electron chi connectivity index (χ3n) is 3.64. The van der Waals surface area contributed by atoms with Crippen molar-refractivity contribution in [2.45, 2.75) is 31.2 Å². The first kappa shape index (κ1) is 14.4. The molecule has 106 valence electrons. The molecule has 0 aromatic heterocycles. The van der Waals surface area contributed by atoms with Gasteiger partial charge in [-0.25, -0.2) is 12.8 Å². The van der Waals surface area contributed by atoms with Gasteiger partial charge in [-0.2, -0.15) is 4.31 Å². The summed E-state index contributed by atoms with van der Waals surface area (Å²) in [5.74, 6) is -0.621. The fraction of sp³-hybridized carbons (Fsp3) is 0.538. The van der Waals surface area contributed by atoms with Gasteiger partial charge in [-0.3, -0.25) is 0 Å². The largest absolute Gasteiger partial charge is 0.327 e. The maximum atomic E-state index is 13.8. The number of hydrogen-bond donors (Lipinski definition) is 1. The van der Waals surface area contributed by atoms with Gasteiger partial charge in [0.05, 0.1) is 0 Å². The minimum atomic E-state index is -3.77. The molecule has 19 heavy (non-hydrogen) atoms. The normalized spacial score (nSPS) is 25.5. The highest BCUT2D eigenvalue weighted by molar-refractivity contribution is 7.89. The lowest BCUT2D eigenvalue weighted by Crippen LogP contribution is -2.48. The van der Waals surface area contributed by atoms with Gasteiger partial charge in [0.1, 0.15) is 10.7 Å². The molecule has 1 heterocycles. The van der Waals surface area contributed by atoms with Crippen molar-refractivity contribution in [2.24, 2.45) is 11.7 Å². The van der Waals surface area contributed by atoms with Gasteiger partial charge in [-0.05, 0) is 37.0 Å². The van der Waals surface area contributed by atoms with Crippen LogP contribution in [0.1, 0.15) is 18.9 Å². The third kappa shape index (κ3) is 2.80. The molecule has 4 nitrogen and oxygen atoms in total. The topological polar surface area (TPSA) is 63.4 Å². The van der Waals surface area contributed by atoms with E-state index in [0.717, 1.165) is 5.56 Å². The Kier molecular flexibility index (Phi) is 3.94. The smallest absolute Gasteiger partial charge is 0.246 e. The van der Waals surface area contributed by atoms with Crippen LogP contribution in [0.15, 0.2) is 23.1 Å². The molecule has 6 heteroatoms. The Labute approximate surface area is 113 Å². The molecule has 0 aliphatic carbocycles. The summed E-state index contributed by atoms with van der Waals surface area (Å²) in [4.78, 5) is -0.241. The first-order chi connectivity index (χ1) is 8.82. The highest BCUT2D eigenvalue weighted by Gasteiger charge is 2.33. The highest BCUT2D eigenvalue weighted by Crippen LogP contribution is 2.25. The molecule has 1 aliphatic heterocycles. The Bertz CT molecular complexity index is 574. The monoisotopic (exact) mass is 286 g/mol. The quantitative estimate of drug-likeness (QED) is 0.896. The first-order valence-electron chi connectivity index (χ1n) is 6.34. The number of nitrogens with two attached hydrogens (primary N) is 1. The van der Waals surface area contributed by atoms with Gasteiger partial charge in [-0.1, -0.05) is 13.0 Å². The molecule has 1 aromatic rings. The molecule has 1 saturated heterocycles. The van der Waals surface area contributed by atoms with E-state index in [-0.39, 0.29) is 16.9 Å². The minimum absolute atomic E-state index is 0.00815. The molecule has 0 radical (unpaired) electrons. The van der Waals surface area contributed by atoms with Crippen molar-refractivity contribution in [1.29, 1.82) is 0 Å². The summed E-state index contributed by atoms with van der Waals surface area (Å²) in [6.45, 7) is 4.35. The van der Waals surface area contributed by atoms with Crippen LogP contribution in [0.4, 0.5) is 4.39 Å². The number of nitrogens with zero attached hydrogens (tertiary/aromatic N) is 1. The molecule has 0 bridgehead atoms. The minimum Gasteiger partial charge on any atom is -0.327 e. The lowest BCUT2D eigenvalue weighted by molar-refractivity contribution is 0.249. The number of benzene rings is 1. The van der Waals surface area contributed by atoms with E-state index in [1.165, 1.54) is 16.4 Å². The molecule has 2 rings (SSSR count). The van der Waals surface area contributed by atoms with E-state index >= 15 is 0 Å². The maximum absolute atomic E-state index is 13.8. The van der Waals surface area contributed by atoms with Crippen LogP contribution < -0.4 is 5.73 Å². The molecule has 0 spiro atoms. The number of rotatable bonds is 2. The van der Waals surface area contributed by atoms with Crippen molar-refractivity contribution in [3.63, 3.8) is 0 Å². The average Bonchev–Trinajstić information content (AvgIpc) is 2.35. The van der Waals surface area contributed by atoms with Crippen LogP contribution in [0.5, 0.6) is 0 Å². The van der Waals surface area contributed by atoms with Gasteiger partial charge in [0.2, 0.25) is 10.0 Å². The Morgan fingerprint density at radius 2 is 2.11 bits per heavy atom. The van der Waals surface area contributed by atoms with Crippen LogP contribution in [0.3, 0.4) is 0 Å². The molecule has 2 N–H and O–H groups in total. The molecule has 1 fully saturated rings. The summed E-state index contributed by atoms with van der Waals surface area (Å²) >= 11 is 0. The summed E-state index contributed by atoms with van der Waals surface area (Å²) in [6, 6.07) is 4.14. The Morgan fingerprint density at radius 1 is 1.42 bits per heavy atom. The van der Waals surface area contributed by atoms with E-state index in [0.29, 0.717) is 19.5 Å². The van der Waals surface area contributed by atoms with Crippen LogP contribution in [0, 0.1) is 18.7 Å². The molecule has 0 amide bonds. The Morgan fingerprint density at radius 3 is 2.74 bits per heavy atom. The summed E-state index contributed by atoms with van der Waals surface area (Å²) in [6.07, 6.45) is 0.605. The summed E-state index contributed by atoms with van der Waals surface area (Å²) in [5.41, 5.74) is 6.60. The molecular formula is C13H19FN2O2S. The predicted octanol–water partition coefficient (Wildman–Crippen LogP) is 1.49. The number of hydrogen-bond acceptors (Lipinski definition) is 3. The lowest BCUT2D eigenvalue weighted by atomic mass is 9.96. The van der Waals surface area contributed by atoms with Crippen LogP contribution in [-0.2, 0) is 10.0 Å². The second-order valence-electron chi connectivity index (χ2n) is 5.23. The fourth-order valence-electron chi connectivity index (χ4n) is 2.29. The van der Waals surface area contributed by atoms with Gasteiger partial charge in [0.15, 0.2) is 0 Å². The van der Waals surface area contributed by atoms with Crippen LogP contribution in [0.25, 0.3) is 0 Å². The molecule has 2 atom stereocenters. The van der Waals surface area contributed by atoms with Gasteiger partial charge in [-0.15, -0.1) is 0 Å². The van der Waals surface area contributed by atoms with Crippen molar-refractivity contribution in [2.75, 3.05) is 13.1 Å². The zero-order valence-electron chi connectivity index (χ0n) is 11.1. The maximum Gasteiger partial charge on any atom is 0.246 e. The number of aryl methyl sites for hydroxylation is 1. The predicted molar refractivity (Wildman–Crippen MR) is 71.7 cm³/mol. The van der Waals surface area contributed by atoms with Crippen LogP contribution in [0.2, 0.25) is 0 Å². The van der Waals surface area contributed by atoms with E-state index in [1.54, 1.807) is 13.0 Å². The highest BCUT2D eigenvalue weighted by atomic mass is 32.2. The lowest BCUT2D eigenvalue weighted by Gasteiger charge is -2.34. The third-order valence-corrected chi connectivity index (χ3v) is 5.52. The molecule has 1 aromatic carbocycles. The van der Waals surface area contributed by atoms with E-state index < -0.39 is 15.8 Å². The second-order valence-corrected chi connectivity index (χ2v) is 7.13. The average molecular weight is 286 g/mol. The second kappa shape index (κ2) is 5.19. The summed E-state index contributed by atoms with van der Waals surface area (Å²) in [7, 11) is -3.77. The zero-order valence-corrected chi connectivity index (χ0v) is 12.0. The summed E-state index contributed by atoms with van der Waals surface area (Å²) in [5, 5.41) is 0. The van der Waals surface area contributed by atoms with Crippen molar-refractivity contribution in [3.05, 3.63) is 29.6 Å². The Balaban J connectivity index is 2.35. The number of sulfonamides is 1. The first-order valence-corrected chi connectivity index (χ1v) is 7.78. The van der Waals surface area contributed by atoms with E-state index in [9.17, 15) is 12.8 Å². The van der Waals surface area contributed by atoms with Gasteiger partial charge < -0.3 is 5.73 Å². The molecule has 1 aliphatic rings. The fourth-order valence-corrected chi connectivity index (χ4v) is 4.00. The molecule has 2 unspecified atom stereocenters. The van der Waals surface area contributed by atoms with E-state index in [1.807, 2.05) is 6.92 Å². The Hall–Kier alpha value is -0.980. The molecular weight excluding hydrogens is 267 g/mol. The van der Waals surface area contributed by atoms with Gasteiger partial charge in [0, 0.05) is 19.1 Å². The van der Waals surface area contributed by atoms with Crippen molar-refractivity contribution in [3.8, 4) is 0 Å². The zero-order chi connectivity index (χ0) is 14.2. The van der Waals surface area contributed by atoms with E-state index in [2.05, 4.69) is 0 Å². The van der Waals surface area contributed by atoms with Gasteiger partial charge in [0.25, 0.3) is 0 Å². The van der Waals surface area contributed by atoms with Crippen molar-refractivity contribution in [1.82, 2.24) is 4.31 Å². The summed E-state index contributed by atoms with van der Waals surface area (Å²) < 4.78 is 40.0. The van der Waals surface area contributed by atoms with Crippen molar-refractivity contribution >= 4 is 10.0 Å². The van der Waals surface area contributed by atoms with Crippen molar-refractivity contribution < 1.29 is 12.8 Å². The standard InChI is InChI=1S/C13H19FN2O2S/c1-9-3-4-11(14)13(7-9)19(17,18)16-6-5-12(15)10(2)8-16/h3-4,7,10,12H,5-6,8,15H2,1-2H3. The van der Waals surface area contributed by atoms with Gasteiger partial charge >= 0.3 is 0 Å². The number of halogens is 1.